The third-order valence-electron chi connectivity index (χ3n) is 8.58. The molecule has 0 radical (unpaired) electrons. The lowest BCUT2D eigenvalue weighted by Crippen LogP contribution is -2.45. The Bertz CT molecular complexity index is 2070. The van der Waals surface area contributed by atoms with E-state index in [1.807, 2.05) is 83.3 Å². The minimum Gasteiger partial charge on any atom is -0.479 e. The van der Waals surface area contributed by atoms with E-state index in [-0.39, 0.29) is 18.2 Å². The van der Waals surface area contributed by atoms with Crippen molar-refractivity contribution >= 4 is 58.2 Å². The van der Waals surface area contributed by atoms with Crippen LogP contribution in [-0.2, 0) is 30.0 Å². The van der Waals surface area contributed by atoms with Gasteiger partial charge in [0.25, 0.3) is 0 Å². The van der Waals surface area contributed by atoms with Crippen LogP contribution in [0.5, 0.6) is 11.6 Å². The second-order valence-corrected chi connectivity index (χ2v) is 15.4. The Kier molecular flexibility index (Phi) is 11.0. The number of hydrogen-bond donors (Lipinski definition) is 3. The summed E-state index contributed by atoms with van der Waals surface area (Å²) in [4.78, 5) is 26.7. The summed E-state index contributed by atoms with van der Waals surface area (Å²) in [5.41, 5.74) is -0.432. The van der Waals surface area contributed by atoms with Crippen LogP contribution < -0.4 is 14.3 Å². The van der Waals surface area contributed by atoms with Crippen molar-refractivity contribution < 1.29 is 42.8 Å². The number of benzene rings is 3. The number of carbonyl (C=O) groups excluding carboxylic acids is 1. The van der Waals surface area contributed by atoms with E-state index in [4.69, 9.17) is 23.3 Å². The van der Waals surface area contributed by atoms with Crippen molar-refractivity contribution in [3.63, 3.8) is 0 Å². The number of halogens is 1. The van der Waals surface area contributed by atoms with Crippen molar-refractivity contribution in [2.75, 3.05) is 13.7 Å². The summed E-state index contributed by atoms with van der Waals surface area (Å²) in [5, 5.41) is 27.3. The summed E-state index contributed by atoms with van der Waals surface area (Å²) >= 11 is 1.97. The Morgan fingerprint density at radius 3 is 2.51 bits per heavy atom. The molecule has 14 nitrogen and oxygen atoms in total. The van der Waals surface area contributed by atoms with Crippen molar-refractivity contribution in [3.05, 3.63) is 88.0 Å². The van der Waals surface area contributed by atoms with Gasteiger partial charge in [0.1, 0.15) is 42.0 Å². The summed E-state index contributed by atoms with van der Waals surface area (Å²) in [5.74, 6) is -0.181. The van der Waals surface area contributed by atoms with Crippen LogP contribution in [0.1, 0.15) is 38.4 Å². The van der Waals surface area contributed by atoms with Crippen LogP contribution in [0.2, 0.25) is 0 Å². The Morgan fingerprint density at radius 1 is 1.08 bits per heavy atom. The highest BCUT2D eigenvalue weighted by Crippen LogP contribution is 2.49. The molecule has 51 heavy (non-hydrogen) atoms. The summed E-state index contributed by atoms with van der Waals surface area (Å²) < 4.78 is 46.1. The molecule has 1 unspecified atom stereocenters. The number of aromatic nitrogens is 4. The molecule has 270 valence electrons. The van der Waals surface area contributed by atoms with Crippen LogP contribution in [0.3, 0.4) is 0 Å². The van der Waals surface area contributed by atoms with Crippen LogP contribution in [0.25, 0.3) is 21.9 Å². The Balaban J connectivity index is 1.29. The number of methoxy groups -OCH3 is 1. The normalized spacial score (nSPS) is 22.3. The smallest absolute Gasteiger partial charge is 0.459 e. The molecule has 0 bridgehead atoms. The average Bonchev–Trinajstić information content (AvgIpc) is 3.55. The third-order valence-corrected chi connectivity index (χ3v) is 10.9. The summed E-state index contributed by atoms with van der Waals surface area (Å²) in [6, 6.07) is 20.7. The predicted octanol–water partition coefficient (Wildman–Crippen LogP) is 5.47. The average molecular weight is 832 g/mol. The Hall–Kier alpha value is -3.70. The van der Waals surface area contributed by atoms with Gasteiger partial charge < -0.3 is 28.9 Å². The number of aryl methyl sites for hydroxylation is 1. The van der Waals surface area contributed by atoms with Gasteiger partial charge >= 0.3 is 13.7 Å². The molecule has 0 amide bonds. The van der Waals surface area contributed by atoms with Crippen LogP contribution in [-0.4, -0.2) is 73.3 Å². The van der Waals surface area contributed by atoms with E-state index in [0.29, 0.717) is 26.2 Å². The van der Waals surface area contributed by atoms with Gasteiger partial charge in [-0.05, 0) is 36.8 Å². The zero-order valence-corrected chi connectivity index (χ0v) is 31.6. The predicted molar refractivity (Wildman–Crippen MR) is 196 cm³/mol. The zero-order chi connectivity index (χ0) is 36.5. The minimum absolute atomic E-state index is 0.0105. The highest BCUT2D eigenvalue weighted by atomic mass is 127. The second kappa shape index (κ2) is 15.1. The van der Waals surface area contributed by atoms with E-state index in [1.165, 1.54) is 18.6 Å². The van der Waals surface area contributed by atoms with Crippen LogP contribution in [0.4, 0.5) is 0 Å². The van der Waals surface area contributed by atoms with Crippen molar-refractivity contribution in [1.29, 1.82) is 0 Å². The number of imidazole rings is 1. The minimum atomic E-state index is -4.45. The molecule has 3 aromatic carbocycles. The number of fused-ring (bicyclic) bond motifs is 2. The first kappa shape index (κ1) is 37.1. The molecule has 0 spiro atoms. The highest BCUT2D eigenvalue weighted by Gasteiger charge is 2.55. The molecular formula is C35H39IN5O9P. The van der Waals surface area contributed by atoms with E-state index in [0.717, 1.165) is 10.9 Å². The van der Waals surface area contributed by atoms with Gasteiger partial charge in [-0.1, -0.05) is 80.6 Å². The van der Waals surface area contributed by atoms with E-state index < -0.39 is 56.3 Å². The van der Waals surface area contributed by atoms with E-state index >= 15 is 0 Å². The molecule has 1 aliphatic heterocycles. The van der Waals surface area contributed by atoms with Gasteiger partial charge in [-0.25, -0.2) is 14.5 Å². The standard InChI is InChI=1S/C35H39IN5O9P/c1-20(2)27(32(43)47-18-22-12-7-6-8-13-22)40-51(45,50-25-17-11-15-23-14-9-10-16-24(23)25)48-19-26-29(42)35(4,44)33(49-26)41-30-28(39-34(41)36)31(46-5)38-21(3)37-30/h6-17,20,26-27,29,33,42,44H,18-19H2,1-5H3,(H,40,45)/t26-,27+,29-,33-,35-,51?/m1/s1. The fourth-order valence-corrected chi connectivity index (χ4v) is 8.27. The molecule has 0 aliphatic carbocycles. The molecule has 2 aromatic heterocycles. The molecule has 1 aliphatic rings. The number of aliphatic hydroxyl groups is 2. The maximum absolute atomic E-state index is 14.8. The first-order valence-electron chi connectivity index (χ1n) is 16.2. The molecule has 6 rings (SSSR count). The fraction of sp³-hybridized carbons (Fsp3) is 0.371. The van der Waals surface area contributed by atoms with E-state index in [1.54, 1.807) is 32.9 Å². The van der Waals surface area contributed by atoms with Crippen LogP contribution in [0, 0.1) is 16.7 Å². The zero-order valence-electron chi connectivity index (χ0n) is 28.6. The highest BCUT2D eigenvalue weighted by molar-refractivity contribution is 14.1. The number of aliphatic hydroxyl groups excluding tert-OH is 1. The maximum Gasteiger partial charge on any atom is 0.459 e. The molecule has 6 atom stereocenters. The summed E-state index contributed by atoms with van der Waals surface area (Å²) in [6.45, 7) is 6.15. The number of rotatable bonds is 13. The number of nitrogens with one attached hydrogen (secondary N) is 1. The number of esters is 1. The van der Waals surface area contributed by atoms with Crippen molar-refractivity contribution in [2.45, 2.75) is 64.4 Å². The molecule has 16 heteroatoms. The first-order valence-corrected chi connectivity index (χ1v) is 18.9. The van der Waals surface area contributed by atoms with Crippen molar-refractivity contribution in [2.24, 2.45) is 5.92 Å². The molecule has 1 fully saturated rings. The van der Waals surface area contributed by atoms with Gasteiger partial charge in [0.15, 0.2) is 21.2 Å². The van der Waals surface area contributed by atoms with E-state index in [2.05, 4.69) is 20.0 Å². The lowest BCUT2D eigenvalue weighted by atomic mass is 9.96. The molecular weight excluding hydrogens is 792 g/mol. The third kappa shape index (κ3) is 7.75. The van der Waals surface area contributed by atoms with Crippen molar-refractivity contribution in [1.82, 2.24) is 24.6 Å². The van der Waals surface area contributed by atoms with Crippen LogP contribution >= 0.6 is 30.3 Å². The van der Waals surface area contributed by atoms with Gasteiger partial charge in [0, 0.05) is 28.0 Å². The number of nitrogens with zero attached hydrogens (tertiary/aromatic N) is 4. The summed E-state index contributed by atoms with van der Waals surface area (Å²) in [7, 11) is -2.99. The number of ether oxygens (including phenoxy) is 3. The lowest BCUT2D eigenvalue weighted by Gasteiger charge is -2.28. The van der Waals surface area contributed by atoms with Gasteiger partial charge in [-0.3, -0.25) is 13.9 Å². The molecule has 0 saturated carbocycles. The monoisotopic (exact) mass is 831 g/mol. The second-order valence-electron chi connectivity index (χ2n) is 12.7. The quantitative estimate of drug-likeness (QED) is 0.0590. The number of hydrogen-bond acceptors (Lipinski definition) is 12. The largest absolute Gasteiger partial charge is 0.479 e. The van der Waals surface area contributed by atoms with Crippen molar-refractivity contribution in [3.8, 4) is 11.6 Å². The SMILES string of the molecule is COc1nc(C)nc2c1nc(I)n2[C@@H]1O[C@H](COP(=O)(N[C@H](C(=O)OCc2ccccc2)C(C)C)Oc2cccc3ccccc23)[C@@H](O)[C@@]1(C)O. The lowest BCUT2D eigenvalue weighted by molar-refractivity contribution is -0.148. The first-order chi connectivity index (χ1) is 24.3. The maximum atomic E-state index is 14.8. The Labute approximate surface area is 308 Å². The molecule has 3 N–H and O–H groups in total. The van der Waals surface area contributed by atoms with E-state index in [9.17, 15) is 19.6 Å². The van der Waals surface area contributed by atoms with Gasteiger partial charge in [0.05, 0.1) is 13.7 Å². The van der Waals surface area contributed by atoms with Gasteiger partial charge in [-0.15, -0.1) is 0 Å². The van der Waals surface area contributed by atoms with Gasteiger partial charge in [-0.2, -0.15) is 10.1 Å². The molecule has 5 aromatic rings. The summed E-state index contributed by atoms with van der Waals surface area (Å²) in [6.07, 6.45) is -3.93. The van der Waals surface area contributed by atoms with Crippen LogP contribution in [0.15, 0.2) is 72.8 Å². The van der Waals surface area contributed by atoms with Gasteiger partial charge in [0.2, 0.25) is 5.88 Å². The Morgan fingerprint density at radius 2 is 1.78 bits per heavy atom. The number of carbonyl (C=O) groups is 1. The molecule has 3 heterocycles. The molecule has 1 saturated heterocycles. The fourth-order valence-electron chi connectivity index (χ4n) is 5.86. The topological polar surface area (TPSA) is 176 Å².